The van der Waals surface area contributed by atoms with Gasteiger partial charge in [0.25, 0.3) is 0 Å². The number of fused-ring (bicyclic) bond motifs is 4. The van der Waals surface area contributed by atoms with Crippen molar-refractivity contribution in [1.82, 2.24) is 15.0 Å². The average molecular weight is 362 g/mol. The second-order valence-electron chi connectivity index (χ2n) is 6.71. The maximum Gasteiger partial charge on any atom is 0.147 e. The van der Waals surface area contributed by atoms with Gasteiger partial charge in [0.1, 0.15) is 17.0 Å². The van der Waals surface area contributed by atoms with Gasteiger partial charge in [-0.2, -0.15) is 0 Å². The van der Waals surface area contributed by atoms with Crippen molar-refractivity contribution in [3.8, 4) is 0 Å². The van der Waals surface area contributed by atoms with E-state index in [1.165, 1.54) is 22.3 Å². The molecule has 5 rings (SSSR count). The van der Waals surface area contributed by atoms with E-state index in [1.54, 1.807) is 17.7 Å². The lowest BCUT2D eigenvalue weighted by Crippen LogP contribution is -2.02. The summed E-state index contributed by atoms with van der Waals surface area (Å²) in [4.78, 5) is 14.7. The first-order valence-electron chi connectivity index (χ1n) is 8.63. The monoisotopic (exact) mass is 362 g/mol. The molecule has 0 saturated carbocycles. The van der Waals surface area contributed by atoms with Gasteiger partial charge in [-0.25, -0.2) is 15.0 Å². The van der Waals surface area contributed by atoms with Crippen LogP contribution in [-0.4, -0.2) is 15.0 Å². The molecule has 4 aromatic rings. The molecule has 0 aliphatic carbocycles. The van der Waals surface area contributed by atoms with E-state index in [-0.39, 0.29) is 0 Å². The van der Waals surface area contributed by atoms with Gasteiger partial charge in [0.15, 0.2) is 0 Å². The number of benzene rings is 1. The Labute approximate surface area is 155 Å². The van der Waals surface area contributed by atoms with Crippen molar-refractivity contribution in [2.24, 2.45) is 0 Å². The zero-order valence-corrected chi connectivity index (χ0v) is 15.5. The van der Waals surface area contributed by atoms with Crippen LogP contribution in [0.1, 0.15) is 27.9 Å². The molecule has 4 heterocycles. The van der Waals surface area contributed by atoms with Crippen LogP contribution in [0.4, 0.5) is 5.82 Å². The minimum Gasteiger partial charge on any atom is -0.372 e. The van der Waals surface area contributed by atoms with E-state index in [9.17, 15) is 0 Å². The Morgan fingerprint density at radius 1 is 1.12 bits per heavy atom. The summed E-state index contributed by atoms with van der Waals surface area (Å²) in [5, 5.41) is 4.62. The third-order valence-electron chi connectivity index (χ3n) is 4.80. The molecular weight excluding hydrogens is 344 g/mol. The Morgan fingerprint density at radius 3 is 2.92 bits per heavy atom. The normalized spacial score (nSPS) is 13.5. The molecule has 3 aromatic heterocycles. The minimum atomic E-state index is 0.710. The molecule has 0 fully saturated rings. The first kappa shape index (κ1) is 15.7. The lowest BCUT2D eigenvalue weighted by atomic mass is 10.1. The van der Waals surface area contributed by atoms with E-state index >= 15 is 0 Å². The number of pyridine rings is 1. The number of aryl methyl sites for hydroxylation is 2. The van der Waals surface area contributed by atoms with Gasteiger partial charge in [-0.3, -0.25) is 0 Å². The molecule has 1 aromatic carbocycles. The first-order chi connectivity index (χ1) is 12.7. The fourth-order valence-electron chi connectivity index (χ4n) is 3.56. The molecule has 0 unspecified atom stereocenters. The molecule has 1 aliphatic rings. The molecule has 0 bridgehead atoms. The number of anilines is 1. The van der Waals surface area contributed by atoms with Crippen LogP contribution < -0.4 is 5.32 Å². The third kappa shape index (κ3) is 2.53. The number of hydrogen-bond acceptors (Lipinski definition) is 6. The Hall–Kier alpha value is -2.57. The van der Waals surface area contributed by atoms with Gasteiger partial charge in [-0.05, 0) is 42.2 Å². The van der Waals surface area contributed by atoms with Gasteiger partial charge in [0, 0.05) is 17.6 Å². The zero-order chi connectivity index (χ0) is 17.7. The topological polar surface area (TPSA) is 59.9 Å². The molecule has 0 amide bonds. The van der Waals surface area contributed by atoms with E-state index in [1.807, 2.05) is 6.92 Å². The highest BCUT2D eigenvalue weighted by Gasteiger charge is 2.15. The lowest BCUT2D eigenvalue weighted by Gasteiger charge is -2.07. The van der Waals surface area contributed by atoms with E-state index < -0.39 is 0 Å². The first-order valence-corrected chi connectivity index (χ1v) is 9.44. The second kappa shape index (κ2) is 6.00. The molecule has 1 aliphatic heterocycles. The highest BCUT2D eigenvalue weighted by Crippen LogP contribution is 2.36. The lowest BCUT2D eigenvalue weighted by molar-refractivity contribution is 0.134. The number of rotatable bonds is 3. The smallest absolute Gasteiger partial charge is 0.147 e. The summed E-state index contributed by atoms with van der Waals surface area (Å²) in [7, 11) is 0. The van der Waals surface area contributed by atoms with Gasteiger partial charge in [0.2, 0.25) is 0 Å². The standard InChI is InChI=1S/C20H18N4OS/c1-11-5-12(2)24-20-16(11)17-18(26-20)19(23-10-22-17)21-7-13-3-4-14-8-25-9-15(14)6-13/h3-6,10H,7-9H2,1-2H3,(H,21,22,23). The van der Waals surface area contributed by atoms with Crippen molar-refractivity contribution in [3.63, 3.8) is 0 Å². The summed E-state index contributed by atoms with van der Waals surface area (Å²) in [5.74, 6) is 0.867. The predicted molar refractivity (Wildman–Crippen MR) is 104 cm³/mol. The molecule has 130 valence electrons. The summed E-state index contributed by atoms with van der Waals surface area (Å²) < 4.78 is 6.56. The Kier molecular flexibility index (Phi) is 3.62. The quantitative estimate of drug-likeness (QED) is 0.581. The van der Waals surface area contributed by atoms with Gasteiger partial charge in [0.05, 0.1) is 23.4 Å². The molecular formula is C20H18N4OS. The van der Waals surface area contributed by atoms with Gasteiger partial charge in [-0.1, -0.05) is 18.2 Å². The molecule has 0 radical (unpaired) electrons. The number of nitrogens with zero attached hydrogens (tertiary/aromatic N) is 3. The summed E-state index contributed by atoms with van der Waals surface area (Å²) >= 11 is 1.65. The highest BCUT2D eigenvalue weighted by molar-refractivity contribution is 7.26. The van der Waals surface area contributed by atoms with E-state index in [4.69, 9.17) is 4.74 Å². The second-order valence-corrected chi connectivity index (χ2v) is 7.71. The maximum atomic E-state index is 5.50. The Bertz CT molecular complexity index is 1150. The van der Waals surface area contributed by atoms with Crippen molar-refractivity contribution >= 4 is 37.6 Å². The number of nitrogens with one attached hydrogen (secondary N) is 1. The Morgan fingerprint density at radius 2 is 2.00 bits per heavy atom. The van der Waals surface area contributed by atoms with Crippen molar-refractivity contribution in [1.29, 1.82) is 0 Å². The van der Waals surface area contributed by atoms with Crippen LogP contribution in [0.5, 0.6) is 0 Å². The van der Waals surface area contributed by atoms with Crippen molar-refractivity contribution in [2.75, 3.05) is 5.32 Å². The highest BCUT2D eigenvalue weighted by atomic mass is 32.1. The SMILES string of the molecule is Cc1cc(C)c2c(n1)sc1c(NCc3ccc4c(c3)COC4)ncnc12. The maximum absolute atomic E-state index is 5.50. The van der Waals surface area contributed by atoms with Crippen LogP contribution in [0.15, 0.2) is 30.6 Å². The van der Waals surface area contributed by atoms with Crippen molar-refractivity contribution in [3.05, 3.63) is 58.5 Å². The average Bonchev–Trinajstić information content (AvgIpc) is 3.23. The summed E-state index contributed by atoms with van der Waals surface area (Å²) in [6, 6.07) is 8.63. The van der Waals surface area contributed by atoms with E-state index in [2.05, 4.69) is 51.5 Å². The fourth-order valence-corrected chi connectivity index (χ4v) is 4.77. The molecule has 26 heavy (non-hydrogen) atoms. The molecule has 1 N–H and O–H groups in total. The van der Waals surface area contributed by atoms with Gasteiger partial charge < -0.3 is 10.1 Å². The molecule has 5 nitrogen and oxygen atoms in total. The Balaban J connectivity index is 1.52. The van der Waals surface area contributed by atoms with Crippen molar-refractivity contribution < 1.29 is 4.74 Å². The molecule has 6 heteroatoms. The summed E-state index contributed by atoms with van der Waals surface area (Å²) in [6.45, 7) is 6.30. The summed E-state index contributed by atoms with van der Waals surface area (Å²) in [6.07, 6.45) is 1.63. The molecule has 0 atom stereocenters. The largest absolute Gasteiger partial charge is 0.372 e. The zero-order valence-electron chi connectivity index (χ0n) is 14.7. The van der Waals surface area contributed by atoms with Crippen LogP contribution in [0.25, 0.3) is 20.4 Å². The van der Waals surface area contributed by atoms with Gasteiger partial charge >= 0.3 is 0 Å². The molecule has 0 spiro atoms. The minimum absolute atomic E-state index is 0.710. The van der Waals surface area contributed by atoms with Crippen LogP contribution in [0, 0.1) is 13.8 Å². The predicted octanol–water partition coefficient (Wildman–Crippen LogP) is 4.50. The third-order valence-corrected chi connectivity index (χ3v) is 5.88. The number of thiophene rings is 1. The number of aromatic nitrogens is 3. The van der Waals surface area contributed by atoms with Crippen molar-refractivity contribution in [2.45, 2.75) is 33.6 Å². The van der Waals surface area contributed by atoms with Gasteiger partial charge in [-0.15, -0.1) is 11.3 Å². The van der Waals surface area contributed by atoms with Crippen LogP contribution >= 0.6 is 11.3 Å². The van der Waals surface area contributed by atoms with Crippen LogP contribution in [0.2, 0.25) is 0 Å². The molecule has 0 saturated heterocycles. The number of hydrogen-bond donors (Lipinski definition) is 1. The van der Waals surface area contributed by atoms with Crippen LogP contribution in [-0.2, 0) is 24.5 Å². The fraction of sp³-hybridized carbons (Fsp3) is 0.250. The summed E-state index contributed by atoms with van der Waals surface area (Å²) in [5.41, 5.74) is 7.03. The van der Waals surface area contributed by atoms with E-state index in [0.29, 0.717) is 6.61 Å². The van der Waals surface area contributed by atoms with Crippen LogP contribution in [0.3, 0.4) is 0 Å². The van der Waals surface area contributed by atoms with E-state index in [0.717, 1.165) is 45.1 Å². The number of ether oxygens (including phenoxy) is 1.